The molecule has 0 aliphatic carbocycles. The number of nitro groups is 1. The fourth-order valence-electron chi connectivity index (χ4n) is 4.13. The Kier molecular flexibility index (Phi) is 5.42. The van der Waals surface area contributed by atoms with E-state index in [1.165, 1.54) is 31.4 Å². The van der Waals surface area contributed by atoms with E-state index in [1.54, 1.807) is 24.3 Å². The number of ketones is 1. The average molecular weight is 420 g/mol. The Labute approximate surface area is 179 Å². The van der Waals surface area contributed by atoms with Crippen LogP contribution >= 0.6 is 0 Å². The van der Waals surface area contributed by atoms with Crippen LogP contribution in [0.1, 0.15) is 32.6 Å². The summed E-state index contributed by atoms with van der Waals surface area (Å²) in [5.41, 5.74) is 4.40. The second-order valence-electron chi connectivity index (χ2n) is 7.53. The first-order valence-electron chi connectivity index (χ1n) is 9.88. The minimum Gasteiger partial charge on any atom is -0.496 e. The summed E-state index contributed by atoms with van der Waals surface area (Å²) < 4.78 is 18.6. The van der Waals surface area contributed by atoms with Crippen molar-refractivity contribution >= 4 is 17.2 Å². The van der Waals surface area contributed by atoms with Gasteiger partial charge in [0.05, 0.1) is 28.8 Å². The summed E-state index contributed by atoms with van der Waals surface area (Å²) in [4.78, 5) is 26.2. The lowest BCUT2D eigenvalue weighted by atomic mass is 10.00. The summed E-state index contributed by atoms with van der Waals surface area (Å²) in [6, 6.07) is 14.1. The number of fused-ring (bicyclic) bond motifs is 1. The molecule has 31 heavy (non-hydrogen) atoms. The van der Waals surface area contributed by atoms with Crippen LogP contribution < -0.4 is 9.64 Å². The molecule has 0 N–H and O–H groups in total. The Hall–Kier alpha value is -3.74. The maximum absolute atomic E-state index is 13.2. The predicted molar refractivity (Wildman–Crippen MR) is 115 cm³/mol. The largest absolute Gasteiger partial charge is 0.496 e. The highest BCUT2D eigenvalue weighted by atomic mass is 19.1. The Morgan fingerprint density at radius 2 is 1.90 bits per heavy atom. The normalized spacial score (nSPS) is 12.5. The van der Waals surface area contributed by atoms with E-state index in [-0.39, 0.29) is 16.4 Å². The lowest BCUT2D eigenvalue weighted by Crippen LogP contribution is -2.20. The molecule has 3 aromatic carbocycles. The SMILES string of the molecule is COc1ccc(CN2CCc3c([N+](=O)[O-])ccc(C)c32)cc1C(=O)c1ccc(F)cc1. The summed E-state index contributed by atoms with van der Waals surface area (Å²) in [5.74, 6) is -0.228. The number of methoxy groups -OCH3 is 1. The third-order valence-electron chi connectivity index (χ3n) is 5.59. The van der Waals surface area contributed by atoms with Crippen LogP contribution in [0.3, 0.4) is 0 Å². The lowest BCUT2D eigenvalue weighted by Gasteiger charge is -2.22. The van der Waals surface area contributed by atoms with Crippen LogP contribution in [0.2, 0.25) is 0 Å². The quantitative estimate of drug-likeness (QED) is 0.324. The molecular weight excluding hydrogens is 399 g/mol. The van der Waals surface area contributed by atoms with Crippen LogP contribution in [0.15, 0.2) is 54.6 Å². The van der Waals surface area contributed by atoms with Gasteiger partial charge in [-0.1, -0.05) is 12.1 Å². The van der Waals surface area contributed by atoms with E-state index in [2.05, 4.69) is 4.90 Å². The minimum atomic E-state index is -0.408. The molecule has 0 aromatic heterocycles. The van der Waals surface area contributed by atoms with E-state index in [4.69, 9.17) is 4.74 Å². The third-order valence-corrected chi connectivity index (χ3v) is 5.59. The molecule has 158 valence electrons. The fourth-order valence-corrected chi connectivity index (χ4v) is 4.13. The van der Waals surface area contributed by atoms with Gasteiger partial charge in [-0.3, -0.25) is 14.9 Å². The zero-order valence-electron chi connectivity index (χ0n) is 17.2. The molecule has 0 radical (unpaired) electrons. The van der Waals surface area contributed by atoms with E-state index in [9.17, 15) is 19.3 Å². The van der Waals surface area contributed by atoms with Crippen molar-refractivity contribution in [1.82, 2.24) is 0 Å². The van der Waals surface area contributed by atoms with E-state index < -0.39 is 5.82 Å². The Bertz CT molecular complexity index is 1170. The molecule has 0 bridgehead atoms. The first-order chi connectivity index (χ1) is 14.9. The molecular formula is C24H21FN2O4. The van der Waals surface area contributed by atoms with Crippen LogP contribution in [-0.4, -0.2) is 24.4 Å². The zero-order chi connectivity index (χ0) is 22.1. The number of rotatable bonds is 6. The average Bonchev–Trinajstić information content (AvgIpc) is 3.18. The first-order valence-corrected chi connectivity index (χ1v) is 9.88. The van der Waals surface area contributed by atoms with Gasteiger partial charge in [0.2, 0.25) is 0 Å². The Morgan fingerprint density at radius 3 is 2.58 bits per heavy atom. The number of hydrogen-bond donors (Lipinski definition) is 0. The number of ether oxygens (including phenoxy) is 1. The number of nitro benzene ring substituents is 1. The Balaban J connectivity index is 1.67. The highest BCUT2D eigenvalue weighted by Crippen LogP contribution is 2.38. The van der Waals surface area contributed by atoms with E-state index in [1.807, 2.05) is 13.0 Å². The highest BCUT2D eigenvalue weighted by Gasteiger charge is 2.29. The molecule has 6 nitrogen and oxygen atoms in total. The molecule has 7 heteroatoms. The molecule has 0 unspecified atom stereocenters. The van der Waals surface area contributed by atoms with Gasteiger partial charge in [0.15, 0.2) is 5.78 Å². The van der Waals surface area contributed by atoms with Crippen molar-refractivity contribution in [3.63, 3.8) is 0 Å². The molecule has 0 spiro atoms. The van der Waals surface area contributed by atoms with Crippen molar-refractivity contribution in [2.75, 3.05) is 18.6 Å². The smallest absolute Gasteiger partial charge is 0.274 e. The van der Waals surface area contributed by atoms with Crippen molar-refractivity contribution in [1.29, 1.82) is 0 Å². The maximum atomic E-state index is 13.2. The summed E-state index contributed by atoms with van der Waals surface area (Å²) in [5, 5.41) is 11.4. The summed E-state index contributed by atoms with van der Waals surface area (Å²) in [7, 11) is 1.50. The third kappa shape index (κ3) is 3.86. The maximum Gasteiger partial charge on any atom is 0.274 e. The highest BCUT2D eigenvalue weighted by molar-refractivity contribution is 6.10. The second-order valence-corrected chi connectivity index (χ2v) is 7.53. The van der Waals surface area contributed by atoms with Crippen molar-refractivity contribution in [3.05, 3.63) is 98.3 Å². The van der Waals surface area contributed by atoms with Crippen LogP contribution in [-0.2, 0) is 13.0 Å². The van der Waals surface area contributed by atoms with E-state index in [0.717, 1.165) is 22.4 Å². The van der Waals surface area contributed by atoms with Gasteiger partial charge >= 0.3 is 0 Å². The van der Waals surface area contributed by atoms with Gasteiger partial charge < -0.3 is 9.64 Å². The Morgan fingerprint density at radius 1 is 1.16 bits per heavy atom. The monoisotopic (exact) mass is 420 g/mol. The van der Waals surface area contributed by atoms with Crippen LogP contribution in [0.25, 0.3) is 0 Å². The summed E-state index contributed by atoms with van der Waals surface area (Å²) in [6.45, 7) is 3.11. The summed E-state index contributed by atoms with van der Waals surface area (Å²) in [6.07, 6.45) is 0.602. The van der Waals surface area contributed by atoms with Gasteiger partial charge in [-0.15, -0.1) is 0 Å². The molecule has 3 aromatic rings. The van der Waals surface area contributed by atoms with Crippen LogP contribution in [0.4, 0.5) is 15.8 Å². The van der Waals surface area contributed by atoms with Gasteiger partial charge in [0, 0.05) is 24.7 Å². The second kappa shape index (κ2) is 8.18. The number of nitrogens with zero attached hydrogens (tertiary/aromatic N) is 2. The molecule has 1 heterocycles. The standard InChI is InChI=1S/C24H21FN2O4/c1-15-3-9-21(27(29)30)19-11-12-26(23(15)19)14-16-4-10-22(31-2)20(13-16)24(28)17-5-7-18(25)8-6-17/h3-10,13H,11-12,14H2,1-2H3. The van der Waals surface area contributed by atoms with Gasteiger partial charge in [-0.2, -0.15) is 0 Å². The first kappa shape index (κ1) is 20.5. The molecule has 0 saturated carbocycles. The van der Waals surface area contributed by atoms with Crippen molar-refractivity contribution < 1.29 is 18.8 Å². The van der Waals surface area contributed by atoms with E-state index >= 15 is 0 Å². The number of benzene rings is 3. The molecule has 0 saturated heterocycles. The number of aryl methyl sites for hydroxylation is 1. The van der Waals surface area contributed by atoms with Crippen molar-refractivity contribution in [3.8, 4) is 5.75 Å². The minimum absolute atomic E-state index is 0.144. The number of anilines is 1. The van der Waals surface area contributed by atoms with Gasteiger partial charge in [0.25, 0.3) is 5.69 Å². The molecule has 1 aliphatic heterocycles. The van der Waals surface area contributed by atoms with E-state index in [0.29, 0.717) is 36.4 Å². The van der Waals surface area contributed by atoms with Crippen LogP contribution in [0, 0.1) is 22.9 Å². The van der Waals surface area contributed by atoms with Crippen LogP contribution in [0.5, 0.6) is 5.75 Å². The summed E-state index contributed by atoms with van der Waals surface area (Å²) >= 11 is 0. The number of carbonyl (C=O) groups is 1. The lowest BCUT2D eigenvalue weighted by molar-refractivity contribution is -0.385. The van der Waals surface area contributed by atoms with Gasteiger partial charge in [-0.05, 0) is 60.9 Å². The van der Waals surface area contributed by atoms with Gasteiger partial charge in [-0.25, -0.2) is 4.39 Å². The zero-order valence-corrected chi connectivity index (χ0v) is 17.2. The van der Waals surface area contributed by atoms with Gasteiger partial charge in [0.1, 0.15) is 11.6 Å². The molecule has 0 fully saturated rings. The number of carbonyl (C=O) groups excluding carboxylic acids is 1. The predicted octanol–water partition coefficient (Wildman–Crippen LogP) is 4.84. The molecule has 0 amide bonds. The number of halogens is 1. The molecule has 0 atom stereocenters. The van der Waals surface area contributed by atoms with Crippen molar-refractivity contribution in [2.45, 2.75) is 19.9 Å². The topological polar surface area (TPSA) is 72.7 Å². The van der Waals surface area contributed by atoms with Crippen molar-refractivity contribution in [2.24, 2.45) is 0 Å². The number of hydrogen-bond acceptors (Lipinski definition) is 5. The molecule has 4 rings (SSSR count). The fraction of sp³-hybridized carbons (Fsp3) is 0.208. The molecule has 1 aliphatic rings.